The highest BCUT2D eigenvalue weighted by molar-refractivity contribution is 7.99. The number of aromatic nitrogens is 3. The topological polar surface area (TPSA) is 59.8 Å². The van der Waals surface area contributed by atoms with Crippen LogP contribution in [0, 0.1) is 0 Å². The first-order chi connectivity index (χ1) is 12.7. The molecular weight excluding hydrogens is 344 g/mol. The summed E-state index contributed by atoms with van der Waals surface area (Å²) in [6.07, 6.45) is 7.62. The van der Waals surface area contributed by atoms with Crippen LogP contribution >= 0.6 is 11.8 Å². The van der Waals surface area contributed by atoms with Gasteiger partial charge in [0, 0.05) is 18.2 Å². The molecule has 26 heavy (non-hydrogen) atoms. The average molecular weight is 371 g/mol. The Morgan fingerprint density at radius 2 is 2.12 bits per heavy atom. The lowest BCUT2D eigenvalue weighted by Gasteiger charge is -2.12. The molecule has 1 amide bonds. The normalized spacial score (nSPS) is 14.5. The molecule has 0 unspecified atom stereocenters. The number of anilines is 1. The molecule has 0 radical (unpaired) electrons. The number of amides is 1. The summed E-state index contributed by atoms with van der Waals surface area (Å²) in [4.78, 5) is 12.4. The second kappa shape index (κ2) is 9.03. The number of thioether (sulfide) groups is 1. The van der Waals surface area contributed by atoms with Gasteiger partial charge in [0.25, 0.3) is 0 Å². The molecule has 1 aliphatic rings. The van der Waals surface area contributed by atoms with Crippen LogP contribution in [0.2, 0.25) is 0 Å². The third-order valence-electron chi connectivity index (χ3n) is 4.78. The van der Waals surface area contributed by atoms with Gasteiger partial charge in [0.15, 0.2) is 5.16 Å². The molecule has 1 aliphatic carbocycles. The molecule has 1 heterocycles. The van der Waals surface area contributed by atoms with E-state index in [1.807, 2.05) is 30.3 Å². The monoisotopic (exact) mass is 370 g/mol. The predicted molar refractivity (Wildman–Crippen MR) is 107 cm³/mol. The van der Waals surface area contributed by atoms with Crippen LogP contribution in [-0.2, 0) is 17.8 Å². The fraction of sp³-hybridized carbons (Fsp3) is 0.450. The maximum absolute atomic E-state index is 12.4. The van der Waals surface area contributed by atoms with Gasteiger partial charge < -0.3 is 9.88 Å². The van der Waals surface area contributed by atoms with Crippen LogP contribution in [0.4, 0.5) is 5.69 Å². The van der Waals surface area contributed by atoms with E-state index in [1.54, 1.807) is 0 Å². The van der Waals surface area contributed by atoms with E-state index in [2.05, 4.69) is 33.6 Å². The molecule has 3 rings (SSSR count). The Bertz CT molecular complexity index is 765. The lowest BCUT2D eigenvalue weighted by Crippen LogP contribution is -2.16. The Labute approximate surface area is 159 Å². The zero-order valence-corrected chi connectivity index (χ0v) is 16.1. The number of para-hydroxylation sites is 1. The lowest BCUT2D eigenvalue weighted by molar-refractivity contribution is -0.113. The van der Waals surface area contributed by atoms with Crippen molar-refractivity contribution < 1.29 is 4.79 Å². The fourth-order valence-corrected chi connectivity index (χ4v) is 4.22. The van der Waals surface area contributed by atoms with Gasteiger partial charge in [-0.2, -0.15) is 0 Å². The highest BCUT2D eigenvalue weighted by Gasteiger charge is 2.24. The molecule has 0 aliphatic heterocycles. The summed E-state index contributed by atoms with van der Waals surface area (Å²) in [7, 11) is 0. The maximum atomic E-state index is 12.4. The summed E-state index contributed by atoms with van der Waals surface area (Å²) in [5.74, 6) is 1.83. The van der Waals surface area contributed by atoms with Crippen molar-refractivity contribution in [2.45, 2.75) is 56.6 Å². The number of rotatable bonds is 8. The van der Waals surface area contributed by atoms with Gasteiger partial charge in [0.2, 0.25) is 5.91 Å². The van der Waals surface area contributed by atoms with E-state index in [1.165, 1.54) is 37.4 Å². The van der Waals surface area contributed by atoms with E-state index in [9.17, 15) is 4.79 Å². The van der Waals surface area contributed by atoms with Crippen LogP contribution in [0.1, 0.15) is 49.9 Å². The van der Waals surface area contributed by atoms with Gasteiger partial charge in [-0.25, -0.2) is 0 Å². The van der Waals surface area contributed by atoms with Crippen LogP contribution < -0.4 is 5.32 Å². The molecule has 0 saturated heterocycles. The number of nitrogens with zero attached hydrogens (tertiary/aromatic N) is 3. The second-order valence-electron chi connectivity index (χ2n) is 6.57. The molecule has 1 fully saturated rings. The van der Waals surface area contributed by atoms with E-state index in [0.29, 0.717) is 18.2 Å². The highest BCUT2D eigenvalue weighted by Crippen LogP contribution is 2.34. The van der Waals surface area contributed by atoms with Crippen molar-refractivity contribution >= 4 is 23.4 Å². The lowest BCUT2D eigenvalue weighted by atomic mass is 10.1. The molecule has 2 aromatic rings. The van der Waals surface area contributed by atoms with Crippen LogP contribution in [0.3, 0.4) is 0 Å². The van der Waals surface area contributed by atoms with Crippen molar-refractivity contribution in [3.63, 3.8) is 0 Å². The molecule has 5 nitrogen and oxygen atoms in total. The van der Waals surface area contributed by atoms with E-state index in [-0.39, 0.29) is 5.91 Å². The first kappa shape index (κ1) is 18.7. The summed E-state index contributed by atoms with van der Waals surface area (Å²) in [6.45, 7) is 6.62. The van der Waals surface area contributed by atoms with Crippen molar-refractivity contribution in [1.29, 1.82) is 0 Å². The predicted octanol–water partition coefficient (Wildman–Crippen LogP) is 4.41. The largest absolute Gasteiger partial charge is 0.325 e. The third-order valence-corrected chi connectivity index (χ3v) is 5.75. The standard InChI is InChI=1S/C20H26N4OS/c1-3-13-24-19(16-10-5-6-11-16)22-23-20(24)26-14-18(25)21-17-12-8-7-9-15(17)4-2/h3,7-9,12,16H,1,4-6,10-11,13-14H2,2H3,(H,21,25). The Morgan fingerprint density at radius 1 is 1.35 bits per heavy atom. The molecule has 1 saturated carbocycles. The zero-order chi connectivity index (χ0) is 18.4. The van der Waals surface area contributed by atoms with Gasteiger partial charge in [0.05, 0.1) is 5.75 Å². The van der Waals surface area contributed by atoms with Crippen molar-refractivity contribution in [3.05, 3.63) is 48.3 Å². The van der Waals surface area contributed by atoms with Gasteiger partial charge in [-0.1, -0.05) is 55.8 Å². The fourth-order valence-electron chi connectivity index (χ4n) is 3.46. The van der Waals surface area contributed by atoms with Crippen LogP contribution in [0.15, 0.2) is 42.1 Å². The summed E-state index contributed by atoms with van der Waals surface area (Å²) in [5.41, 5.74) is 2.03. The van der Waals surface area contributed by atoms with Crippen molar-refractivity contribution in [3.8, 4) is 0 Å². The summed E-state index contributed by atoms with van der Waals surface area (Å²) < 4.78 is 2.11. The molecule has 0 spiro atoms. The molecular formula is C20H26N4OS. The number of nitrogens with one attached hydrogen (secondary N) is 1. The van der Waals surface area contributed by atoms with Gasteiger partial charge in [-0.3, -0.25) is 4.79 Å². The van der Waals surface area contributed by atoms with E-state index < -0.39 is 0 Å². The number of carbonyl (C=O) groups is 1. The summed E-state index contributed by atoms with van der Waals surface area (Å²) >= 11 is 1.44. The number of aryl methyl sites for hydroxylation is 1. The molecule has 1 aromatic heterocycles. The quantitative estimate of drug-likeness (QED) is 0.552. The molecule has 138 valence electrons. The highest BCUT2D eigenvalue weighted by atomic mass is 32.2. The Hall–Kier alpha value is -2.08. The van der Waals surface area contributed by atoms with Gasteiger partial charge in [0.1, 0.15) is 5.82 Å². The van der Waals surface area contributed by atoms with Gasteiger partial charge in [-0.05, 0) is 30.9 Å². The zero-order valence-electron chi connectivity index (χ0n) is 15.3. The number of benzene rings is 1. The number of carbonyl (C=O) groups excluding carboxylic acids is 1. The number of allylic oxidation sites excluding steroid dienone is 1. The maximum Gasteiger partial charge on any atom is 0.234 e. The average Bonchev–Trinajstić information content (AvgIpc) is 3.30. The number of hydrogen-bond donors (Lipinski definition) is 1. The van der Waals surface area contributed by atoms with E-state index in [0.717, 1.165) is 28.7 Å². The molecule has 1 N–H and O–H groups in total. The second-order valence-corrected chi connectivity index (χ2v) is 7.51. The molecule has 1 aromatic carbocycles. The van der Waals surface area contributed by atoms with Crippen molar-refractivity contribution in [1.82, 2.24) is 14.8 Å². The summed E-state index contributed by atoms with van der Waals surface area (Å²) in [5, 5.41) is 12.6. The Kier molecular flexibility index (Phi) is 6.50. The van der Waals surface area contributed by atoms with Crippen molar-refractivity contribution in [2.24, 2.45) is 0 Å². The molecule has 6 heteroatoms. The van der Waals surface area contributed by atoms with Gasteiger partial charge in [-0.15, -0.1) is 16.8 Å². The van der Waals surface area contributed by atoms with E-state index in [4.69, 9.17) is 0 Å². The van der Waals surface area contributed by atoms with E-state index >= 15 is 0 Å². The molecule has 0 bridgehead atoms. The number of hydrogen-bond acceptors (Lipinski definition) is 4. The minimum absolute atomic E-state index is 0.0218. The third kappa shape index (κ3) is 4.36. The first-order valence-corrected chi connectivity index (χ1v) is 10.3. The Balaban J connectivity index is 1.65. The Morgan fingerprint density at radius 3 is 2.85 bits per heavy atom. The minimum Gasteiger partial charge on any atom is -0.325 e. The first-order valence-electron chi connectivity index (χ1n) is 9.27. The van der Waals surface area contributed by atoms with Crippen LogP contribution in [0.5, 0.6) is 0 Å². The van der Waals surface area contributed by atoms with Crippen molar-refractivity contribution in [2.75, 3.05) is 11.1 Å². The smallest absolute Gasteiger partial charge is 0.234 e. The SMILES string of the molecule is C=CCn1c(SCC(=O)Nc2ccccc2CC)nnc1C1CCCC1. The van der Waals surface area contributed by atoms with Gasteiger partial charge >= 0.3 is 0 Å². The van der Waals surface area contributed by atoms with Crippen LogP contribution in [0.25, 0.3) is 0 Å². The molecule has 0 atom stereocenters. The minimum atomic E-state index is -0.0218. The van der Waals surface area contributed by atoms with Crippen LogP contribution in [-0.4, -0.2) is 26.4 Å². The summed E-state index contributed by atoms with van der Waals surface area (Å²) in [6, 6.07) is 7.92.